The zero-order valence-corrected chi connectivity index (χ0v) is 10.7. The molecule has 0 aliphatic carbocycles. The molecule has 0 aromatic heterocycles. The Morgan fingerprint density at radius 3 is 2.25 bits per heavy atom. The van der Waals surface area contributed by atoms with Gasteiger partial charge in [0.2, 0.25) is 5.91 Å². The van der Waals surface area contributed by atoms with Crippen molar-refractivity contribution in [2.45, 2.75) is 59.4 Å². The molecule has 0 radical (unpaired) electrons. The number of carboxylic acids is 1. The average Bonchev–Trinajstić information content (AvgIpc) is 2.13. The highest BCUT2D eigenvalue weighted by Crippen LogP contribution is 2.20. The Bertz CT molecular complexity index is 243. The molecule has 0 fully saturated rings. The van der Waals surface area contributed by atoms with Gasteiger partial charge in [-0.25, -0.2) is 4.79 Å². The van der Waals surface area contributed by atoms with Gasteiger partial charge in [0.25, 0.3) is 0 Å². The summed E-state index contributed by atoms with van der Waals surface area (Å²) in [5.41, 5.74) is 0.0980. The second-order valence-electron chi connectivity index (χ2n) is 5.31. The van der Waals surface area contributed by atoms with Crippen molar-refractivity contribution in [3.8, 4) is 0 Å². The van der Waals surface area contributed by atoms with Crippen LogP contribution in [-0.2, 0) is 9.59 Å². The number of rotatable bonds is 6. The fourth-order valence-electron chi connectivity index (χ4n) is 1.30. The van der Waals surface area contributed by atoms with Crippen LogP contribution in [0.2, 0.25) is 0 Å². The lowest BCUT2D eigenvalue weighted by atomic mass is 9.90. The molecule has 0 aliphatic heterocycles. The molecule has 0 rings (SSSR count). The van der Waals surface area contributed by atoms with E-state index in [0.717, 1.165) is 12.8 Å². The quantitative estimate of drug-likeness (QED) is 0.733. The summed E-state index contributed by atoms with van der Waals surface area (Å²) >= 11 is 0. The Hall–Kier alpha value is -1.06. The molecule has 0 bridgehead atoms. The largest absolute Gasteiger partial charge is 0.480 e. The number of nitrogens with one attached hydrogen (secondary N) is 1. The van der Waals surface area contributed by atoms with E-state index in [1.54, 1.807) is 0 Å². The molecule has 0 saturated carbocycles. The lowest BCUT2D eigenvalue weighted by Gasteiger charge is -2.19. The maximum absolute atomic E-state index is 11.5. The number of carbonyl (C=O) groups is 2. The first-order valence-electron chi connectivity index (χ1n) is 5.78. The molecule has 4 nitrogen and oxygen atoms in total. The van der Waals surface area contributed by atoms with Crippen LogP contribution in [0.4, 0.5) is 0 Å². The third-order valence-corrected chi connectivity index (χ3v) is 2.31. The third-order valence-electron chi connectivity index (χ3n) is 2.31. The highest BCUT2D eigenvalue weighted by molar-refractivity contribution is 5.83. The van der Waals surface area contributed by atoms with Crippen LogP contribution in [0.25, 0.3) is 0 Å². The van der Waals surface area contributed by atoms with E-state index in [2.05, 4.69) is 26.1 Å². The Balaban J connectivity index is 4.05. The summed E-state index contributed by atoms with van der Waals surface area (Å²) in [5, 5.41) is 11.4. The van der Waals surface area contributed by atoms with Crippen LogP contribution < -0.4 is 5.32 Å². The van der Waals surface area contributed by atoms with Gasteiger partial charge < -0.3 is 10.4 Å². The molecule has 4 heteroatoms. The fraction of sp³-hybridized carbons (Fsp3) is 0.833. The number of carbonyl (C=O) groups excluding carboxylic acids is 1. The molecule has 1 unspecified atom stereocenters. The van der Waals surface area contributed by atoms with Crippen LogP contribution in [0.1, 0.15) is 53.4 Å². The standard InChI is InChI=1S/C12H23NO3/c1-5-6-9(11(15)16)13-10(14)7-8-12(2,3)4/h9H,5-8H2,1-4H3,(H,13,14)(H,15,16). The Kier molecular flexibility index (Phi) is 6.08. The van der Waals surface area contributed by atoms with Gasteiger partial charge in [-0.2, -0.15) is 0 Å². The predicted octanol–water partition coefficient (Wildman–Crippen LogP) is 2.18. The summed E-state index contributed by atoms with van der Waals surface area (Å²) in [6.45, 7) is 8.07. The van der Waals surface area contributed by atoms with Gasteiger partial charge in [0.15, 0.2) is 0 Å². The van der Waals surface area contributed by atoms with Crippen molar-refractivity contribution in [3.05, 3.63) is 0 Å². The SMILES string of the molecule is CCCC(NC(=O)CCC(C)(C)C)C(=O)O. The number of hydrogen-bond donors (Lipinski definition) is 2. The smallest absolute Gasteiger partial charge is 0.326 e. The van der Waals surface area contributed by atoms with E-state index < -0.39 is 12.0 Å². The van der Waals surface area contributed by atoms with Gasteiger partial charge in [0, 0.05) is 6.42 Å². The van der Waals surface area contributed by atoms with Crippen LogP contribution in [0, 0.1) is 5.41 Å². The van der Waals surface area contributed by atoms with Crippen molar-refractivity contribution in [2.24, 2.45) is 5.41 Å². The van der Waals surface area contributed by atoms with Crippen LogP contribution in [0.3, 0.4) is 0 Å². The monoisotopic (exact) mass is 229 g/mol. The van der Waals surface area contributed by atoms with Crippen molar-refractivity contribution in [3.63, 3.8) is 0 Å². The molecule has 2 N–H and O–H groups in total. The van der Waals surface area contributed by atoms with Crippen LogP contribution in [-0.4, -0.2) is 23.0 Å². The van der Waals surface area contributed by atoms with Gasteiger partial charge in [0.1, 0.15) is 6.04 Å². The molecule has 0 spiro atoms. The highest BCUT2D eigenvalue weighted by Gasteiger charge is 2.20. The molecular formula is C12H23NO3. The van der Waals surface area contributed by atoms with Crippen LogP contribution in [0.15, 0.2) is 0 Å². The molecule has 1 amide bonds. The van der Waals surface area contributed by atoms with E-state index in [-0.39, 0.29) is 11.3 Å². The van der Waals surface area contributed by atoms with Gasteiger partial charge in [-0.15, -0.1) is 0 Å². The second-order valence-corrected chi connectivity index (χ2v) is 5.31. The third kappa shape index (κ3) is 7.26. The first-order valence-corrected chi connectivity index (χ1v) is 5.78. The molecular weight excluding hydrogens is 206 g/mol. The lowest BCUT2D eigenvalue weighted by Crippen LogP contribution is -2.40. The first-order chi connectivity index (χ1) is 7.26. The van der Waals surface area contributed by atoms with E-state index in [1.807, 2.05) is 6.92 Å². The minimum absolute atomic E-state index is 0.0980. The number of carboxylic acid groups (broad SMARTS) is 1. The van der Waals surface area contributed by atoms with E-state index in [4.69, 9.17) is 5.11 Å². The van der Waals surface area contributed by atoms with Gasteiger partial charge in [0.05, 0.1) is 0 Å². The predicted molar refractivity (Wildman–Crippen MR) is 63.2 cm³/mol. The topological polar surface area (TPSA) is 66.4 Å². The zero-order valence-electron chi connectivity index (χ0n) is 10.7. The summed E-state index contributed by atoms with van der Waals surface area (Å²) < 4.78 is 0. The molecule has 0 aromatic rings. The highest BCUT2D eigenvalue weighted by atomic mass is 16.4. The van der Waals surface area contributed by atoms with Gasteiger partial charge in [-0.1, -0.05) is 34.1 Å². The zero-order chi connectivity index (χ0) is 12.8. The van der Waals surface area contributed by atoms with E-state index in [1.165, 1.54) is 0 Å². The molecule has 0 saturated heterocycles. The number of aliphatic carboxylic acids is 1. The molecule has 0 heterocycles. The van der Waals surface area contributed by atoms with Gasteiger partial charge in [-0.3, -0.25) is 4.79 Å². The molecule has 16 heavy (non-hydrogen) atoms. The van der Waals surface area contributed by atoms with Crippen LogP contribution >= 0.6 is 0 Å². The number of amides is 1. The Morgan fingerprint density at radius 1 is 1.31 bits per heavy atom. The fourth-order valence-corrected chi connectivity index (χ4v) is 1.30. The summed E-state index contributed by atoms with van der Waals surface area (Å²) in [4.78, 5) is 22.3. The minimum atomic E-state index is -0.953. The van der Waals surface area contributed by atoms with Crippen molar-refractivity contribution < 1.29 is 14.7 Å². The number of hydrogen-bond acceptors (Lipinski definition) is 2. The van der Waals surface area contributed by atoms with Gasteiger partial charge in [-0.05, 0) is 18.3 Å². The van der Waals surface area contributed by atoms with E-state index in [0.29, 0.717) is 12.8 Å². The lowest BCUT2D eigenvalue weighted by molar-refractivity contribution is -0.142. The second kappa shape index (κ2) is 6.51. The Labute approximate surface area is 97.4 Å². The first kappa shape index (κ1) is 14.9. The molecule has 94 valence electrons. The summed E-state index contributed by atoms with van der Waals surface area (Å²) in [7, 11) is 0. The summed E-state index contributed by atoms with van der Waals surface area (Å²) in [6, 6.07) is -0.738. The molecule has 0 aromatic carbocycles. The summed E-state index contributed by atoms with van der Waals surface area (Å²) in [5.74, 6) is -1.12. The van der Waals surface area contributed by atoms with Crippen molar-refractivity contribution in [1.29, 1.82) is 0 Å². The normalized spacial score (nSPS) is 13.2. The average molecular weight is 229 g/mol. The van der Waals surface area contributed by atoms with E-state index in [9.17, 15) is 9.59 Å². The van der Waals surface area contributed by atoms with Crippen molar-refractivity contribution in [1.82, 2.24) is 5.32 Å². The maximum atomic E-state index is 11.5. The van der Waals surface area contributed by atoms with Gasteiger partial charge >= 0.3 is 5.97 Å². The Morgan fingerprint density at radius 2 is 1.88 bits per heavy atom. The maximum Gasteiger partial charge on any atom is 0.326 e. The van der Waals surface area contributed by atoms with Crippen molar-refractivity contribution >= 4 is 11.9 Å². The van der Waals surface area contributed by atoms with Crippen LogP contribution in [0.5, 0.6) is 0 Å². The van der Waals surface area contributed by atoms with E-state index >= 15 is 0 Å². The molecule has 1 atom stereocenters. The summed E-state index contributed by atoms with van der Waals surface area (Å²) in [6.07, 6.45) is 2.38. The minimum Gasteiger partial charge on any atom is -0.480 e. The van der Waals surface area contributed by atoms with Crippen molar-refractivity contribution in [2.75, 3.05) is 0 Å². The molecule has 0 aliphatic rings.